The molecule has 6 heteroatoms. The van der Waals surface area contributed by atoms with Crippen molar-refractivity contribution < 1.29 is 14.3 Å². The van der Waals surface area contributed by atoms with Crippen molar-refractivity contribution in [3.05, 3.63) is 78.1 Å². The molecule has 0 fully saturated rings. The fourth-order valence-corrected chi connectivity index (χ4v) is 2.21. The van der Waals surface area contributed by atoms with Crippen LogP contribution in [0.1, 0.15) is 15.9 Å². The van der Waals surface area contributed by atoms with E-state index in [9.17, 15) is 14.3 Å². The van der Waals surface area contributed by atoms with Crippen LogP contribution in [-0.4, -0.2) is 20.6 Å². The maximum absolute atomic E-state index is 14.1. The summed E-state index contributed by atoms with van der Waals surface area (Å²) in [6.45, 7) is 0.161. The van der Waals surface area contributed by atoms with Crippen LogP contribution < -0.4 is 5.32 Å². The lowest BCUT2D eigenvalue weighted by Crippen LogP contribution is -2.22. The summed E-state index contributed by atoms with van der Waals surface area (Å²) in [6.07, 6.45) is 4.73. The van der Waals surface area contributed by atoms with E-state index in [0.29, 0.717) is 11.3 Å². The van der Waals surface area contributed by atoms with Gasteiger partial charge in [0.2, 0.25) is 0 Å². The largest absolute Gasteiger partial charge is 0.507 e. The Morgan fingerprint density at radius 1 is 1.26 bits per heavy atom. The van der Waals surface area contributed by atoms with Crippen LogP contribution >= 0.6 is 0 Å². The highest BCUT2D eigenvalue weighted by molar-refractivity contribution is 5.96. The highest BCUT2D eigenvalue weighted by Crippen LogP contribution is 2.17. The van der Waals surface area contributed by atoms with E-state index in [0.717, 1.165) is 0 Å². The standard InChI is InChI=1S/C17H14FN3O2/c18-14-9-12(5-6-15(14)21-8-7-19-11-21)10-20-17(23)13-3-1-2-4-16(13)22/h1-9,11,22H,10H2,(H,20,23). The first-order valence-electron chi connectivity index (χ1n) is 6.98. The number of nitrogens with zero attached hydrogens (tertiary/aromatic N) is 2. The van der Waals surface area contributed by atoms with Gasteiger partial charge in [0, 0.05) is 18.9 Å². The molecule has 0 spiro atoms. The SMILES string of the molecule is O=C(NCc1ccc(-n2ccnc2)c(F)c1)c1ccccc1O. The van der Waals surface area contributed by atoms with Crippen molar-refractivity contribution in [1.29, 1.82) is 0 Å². The summed E-state index contributed by atoms with van der Waals surface area (Å²) in [5, 5.41) is 12.3. The summed E-state index contributed by atoms with van der Waals surface area (Å²) in [5.74, 6) is -0.911. The normalized spacial score (nSPS) is 10.5. The number of phenols is 1. The summed E-state index contributed by atoms with van der Waals surface area (Å²) in [5.41, 5.74) is 1.19. The van der Waals surface area contributed by atoms with Gasteiger partial charge in [0.25, 0.3) is 5.91 Å². The Kier molecular flexibility index (Phi) is 4.05. The molecule has 0 saturated heterocycles. The molecule has 2 aromatic carbocycles. The summed E-state index contributed by atoms with van der Waals surface area (Å²) in [4.78, 5) is 15.9. The van der Waals surface area contributed by atoms with Crippen molar-refractivity contribution in [3.63, 3.8) is 0 Å². The Hall–Kier alpha value is -3.15. The van der Waals surface area contributed by atoms with Gasteiger partial charge in [-0.05, 0) is 29.8 Å². The molecule has 0 radical (unpaired) electrons. The number of hydrogen-bond donors (Lipinski definition) is 2. The van der Waals surface area contributed by atoms with Crippen LogP contribution in [0.25, 0.3) is 5.69 Å². The lowest BCUT2D eigenvalue weighted by atomic mass is 10.1. The van der Waals surface area contributed by atoms with Crippen LogP contribution in [0, 0.1) is 5.82 Å². The second-order valence-corrected chi connectivity index (χ2v) is 4.96. The average molecular weight is 311 g/mol. The van der Waals surface area contributed by atoms with E-state index in [1.165, 1.54) is 24.5 Å². The Balaban J connectivity index is 1.71. The monoisotopic (exact) mass is 311 g/mol. The molecule has 1 aromatic heterocycles. The van der Waals surface area contributed by atoms with Gasteiger partial charge in [-0.1, -0.05) is 18.2 Å². The molecule has 3 aromatic rings. The molecule has 1 amide bonds. The van der Waals surface area contributed by atoms with E-state index in [-0.39, 0.29) is 17.9 Å². The van der Waals surface area contributed by atoms with Crippen molar-refractivity contribution in [1.82, 2.24) is 14.9 Å². The molecule has 0 atom stereocenters. The lowest BCUT2D eigenvalue weighted by Gasteiger charge is -2.09. The van der Waals surface area contributed by atoms with Crippen molar-refractivity contribution in [2.45, 2.75) is 6.54 Å². The minimum absolute atomic E-state index is 0.0911. The number of amides is 1. The van der Waals surface area contributed by atoms with Crippen molar-refractivity contribution >= 4 is 5.91 Å². The van der Waals surface area contributed by atoms with Crippen LogP contribution in [0.2, 0.25) is 0 Å². The zero-order valence-corrected chi connectivity index (χ0v) is 12.1. The predicted octanol–water partition coefficient (Wildman–Crippen LogP) is 2.65. The van der Waals surface area contributed by atoms with E-state index in [2.05, 4.69) is 10.3 Å². The lowest BCUT2D eigenvalue weighted by molar-refractivity contribution is 0.0948. The second-order valence-electron chi connectivity index (χ2n) is 4.96. The number of carbonyl (C=O) groups is 1. The number of para-hydroxylation sites is 1. The third kappa shape index (κ3) is 3.21. The first-order chi connectivity index (χ1) is 11.1. The Morgan fingerprint density at radius 3 is 2.78 bits per heavy atom. The third-order valence-electron chi connectivity index (χ3n) is 3.40. The number of phenolic OH excluding ortho intramolecular Hbond substituents is 1. The predicted molar refractivity (Wildman–Crippen MR) is 82.8 cm³/mol. The average Bonchev–Trinajstić information content (AvgIpc) is 3.07. The van der Waals surface area contributed by atoms with Gasteiger partial charge in [0.05, 0.1) is 17.6 Å². The second kappa shape index (κ2) is 6.31. The first-order valence-corrected chi connectivity index (χ1v) is 6.98. The van der Waals surface area contributed by atoms with E-state index < -0.39 is 11.7 Å². The zero-order valence-electron chi connectivity index (χ0n) is 12.1. The Morgan fingerprint density at radius 2 is 2.09 bits per heavy atom. The van der Waals surface area contributed by atoms with Gasteiger partial charge < -0.3 is 15.0 Å². The minimum atomic E-state index is -0.415. The van der Waals surface area contributed by atoms with Gasteiger partial charge in [0.1, 0.15) is 11.6 Å². The molecule has 0 aliphatic heterocycles. The highest BCUT2D eigenvalue weighted by atomic mass is 19.1. The molecule has 0 saturated carbocycles. The van der Waals surface area contributed by atoms with Crippen LogP contribution in [0.3, 0.4) is 0 Å². The van der Waals surface area contributed by atoms with E-state index in [1.807, 2.05) is 0 Å². The van der Waals surface area contributed by atoms with Crippen LogP contribution in [0.15, 0.2) is 61.2 Å². The van der Waals surface area contributed by atoms with Crippen molar-refractivity contribution in [2.24, 2.45) is 0 Å². The molecule has 0 bridgehead atoms. The fraction of sp³-hybridized carbons (Fsp3) is 0.0588. The van der Waals surface area contributed by atoms with Crippen molar-refractivity contribution in [2.75, 3.05) is 0 Å². The maximum Gasteiger partial charge on any atom is 0.255 e. The van der Waals surface area contributed by atoms with Gasteiger partial charge in [-0.15, -0.1) is 0 Å². The number of halogens is 1. The number of aromatic hydroxyl groups is 1. The van der Waals surface area contributed by atoms with Crippen LogP contribution in [-0.2, 0) is 6.54 Å². The Labute approximate surface area is 132 Å². The van der Waals surface area contributed by atoms with Crippen LogP contribution in [0.4, 0.5) is 4.39 Å². The van der Waals surface area contributed by atoms with Gasteiger partial charge in [-0.25, -0.2) is 9.37 Å². The van der Waals surface area contributed by atoms with Gasteiger partial charge in [-0.2, -0.15) is 0 Å². The molecule has 3 rings (SSSR count). The summed E-state index contributed by atoms with van der Waals surface area (Å²) < 4.78 is 15.7. The molecule has 23 heavy (non-hydrogen) atoms. The first kappa shape index (κ1) is 14.8. The number of benzene rings is 2. The molecule has 0 unspecified atom stereocenters. The topological polar surface area (TPSA) is 67.2 Å². The Bertz CT molecular complexity index is 832. The van der Waals surface area contributed by atoms with Gasteiger partial charge in [0.15, 0.2) is 0 Å². The van der Waals surface area contributed by atoms with E-state index in [1.54, 1.807) is 41.2 Å². The zero-order chi connectivity index (χ0) is 16.2. The molecule has 1 heterocycles. The van der Waals surface area contributed by atoms with E-state index >= 15 is 0 Å². The van der Waals surface area contributed by atoms with Crippen LogP contribution in [0.5, 0.6) is 5.75 Å². The molecule has 0 aliphatic carbocycles. The maximum atomic E-state index is 14.1. The number of hydrogen-bond acceptors (Lipinski definition) is 3. The number of rotatable bonds is 4. The minimum Gasteiger partial charge on any atom is -0.507 e. The van der Waals surface area contributed by atoms with Gasteiger partial charge in [-0.3, -0.25) is 4.79 Å². The third-order valence-corrected chi connectivity index (χ3v) is 3.40. The molecular formula is C17H14FN3O2. The number of aromatic nitrogens is 2. The number of nitrogens with one attached hydrogen (secondary N) is 1. The summed E-state index contributed by atoms with van der Waals surface area (Å²) in [7, 11) is 0. The highest BCUT2D eigenvalue weighted by Gasteiger charge is 2.10. The molecular weight excluding hydrogens is 297 g/mol. The number of carbonyl (C=O) groups excluding carboxylic acids is 1. The fourth-order valence-electron chi connectivity index (χ4n) is 2.21. The molecule has 116 valence electrons. The quantitative estimate of drug-likeness (QED) is 0.778. The number of imidazole rings is 1. The smallest absolute Gasteiger partial charge is 0.255 e. The van der Waals surface area contributed by atoms with Gasteiger partial charge >= 0.3 is 0 Å². The molecule has 2 N–H and O–H groups in total. The summed E-state index contributed by atoms with van der Waals surface area (Å²) in [6, 6.07) is 11.0. The van der Waals surface area contributed by atoms with E-state index in [4.69, 9.17) is 0 Å². The molecule has 5 nitrogen and oxygen atoms in total. The molecule has 0 aliphatic rings. The van der Waals surface area contributed by atoms with Crippen molar-refractivity contribution in [3.8, 4) is 11.4 Å². The summed E-state index contributed by atoms with van der Waals surface area (Å²) >= 11 is 0.